The number of nitrogens with two attached hydrogens (primary N) is 1. The van der Waals surface area contributed by atoms with Gasteiger partial charge in [-0.3, -0.25) is 33.9 Å². The Balaban J connectivity index is 1.34. The summed E-state index contributed by atoms with van der Waals surface area (Å²) in [4.78, 5) is 65.5. The Morgan fingerprint density at radius 1 is 0.955 bits per heavy atom. The first-order valence-corrected chi connectivity index (χ1v) is 16.2. The first kappa shape index (κ1) is 29.4. The molecule has 44 heavy (non-hydrogen) atoms. The van der Waals surface area contributed by atoms with Crippen molar-refractivity contribution in [3.8, 4) is 0 Å². The first-order valence-electron chi connectivity index (χ1n) is 12.9. The molecular weight excluding hydrogens is 631 g/mol. The summed E-state index contributed by atoms with van der Waals surface area (Å²) >= 11 is 1.93. The molecule has 0 aliphatic carbocycles. The number of rotatable bonds is 7. The van der Waals surface area contributed by atoms with Gasteiger partial charge in [0.05, 0.1) is 26.5 Å². The number of nitro benzene ring substituents is 1. The monoisotopic (exact) mass is 651 g/mol. The Hall–Kier alpha value is -4.64. The maximum atomic E-state index is 13.9. The number of carbonyl (C=O) groups is 3. The maximum absolute atomic E-state index is 13.9. The SMILES string of the molecule is NS(=O)(=O)c1ccc(NC(=O)Cn2c3c(sc2=O)[C@@H](c2ccccc2)[C@@H]2C(=O)N(c4ccc([N+](=O)[O-])cc4)C(=O)[C@@H]2S3)cc1. The summed E-state index contributed by atoms with van der Waals surface area (Å²) in [5.74, 6) is -3.12. The molecule has 0 unspecified atom stereocenters. The number of non-ortho nitro benzene ring substituents is 1. The zero-order valence-electron chi connectivity index (χ0n) is 22.4. The van der Waals surface area contributed by atoms with E-state index in [0.717, 1.165) is 28.0 Å². The lowest BCUT2D eigenvalue weighted by Crippen LogP contribution is -2.33. The molecule has 2 aliphatic heterocycles. The van der Waals surface area contributed by atoms with Crippen molar-refractivity contribution in [2.24, 2.45) is 11.1 Å². The summed E-state index contributed by atoms with van der Waals surface area (Å²) in [5.41, 5.74) is 1.00. The average molecular weight is 652 g/mol. The zero-order valence-corrected chi connectivity index (χ0v) is 24.8. The molecule has 3 heterocycles. The number of aromatic nitrogens is 1. The minimum atomic E-state index is -3.92. The van der Waals surface area contributed by atoms with Crippen molar-refractivity contribution in [3.05, 3.63) is 109 Å². The van der Waals surface area contributed by atoms with Gasteiger partial charge in [-0.05, 0) is 42.0 Å². The zero-order chi connectivity index (χ0) is 31.3. The van der Waals surface area contributed by atoms with E-state index >= 15 is 0 Å². The number of thioether (sulfide) groups is 1. The van der Waals surface area contributed by atoms with Crippen LogP contribution in [0.1, 0.15) is 16.4 Å². The number of hydrogen-bond acceptors (Lipinski definition) is 10. The van der Waals surface area contributed by atoms with Gasteiger partial charge in [0.2, 0.25) is 27.7 Å². The van der Waals surface area contributed by atoms with E-state index < -0.39 is 61.2 Å². The lowest BCUT2D eigenvalue weighted by molar-refractivity contribution is -0.384. The van der Waals surface area contributed by atoms with Gasteiger partial charge >= 0.3 is 4.87 Å². The number of fused-ring (bicyclic) bond motifs is 2. The smallest absolute Gasteiger partial charge is 0.308 e. The maximum Gasteiger partial charge on any atom is 0.308 e. The van der Waals surface area contributed by atoms with Crippen molar-refractivity contribution in [1.29, 1.82) is 0 Å². The molecule has 1 saturated heterocycles. The van der Waals surface area contributed by atoms with E-state index in [9.17, 15) is 37.7 Å². The number of imide groups is 1. The second-order valence-corrected chi connectivity index (χ2v) is 13.7. The number of nitrogens with zero attached hydrogens (tertiary/aromatic N) is 3. The van der Waals surface area contributed by atoms with Gasteiger partial charge in [0, 0.05) is 28.6 Å². The fourth-order valence-corrected chi connectivity index (χ4v) is 8.61. The van der Waals surface area contributed by atoms with Crippen LogP contribution in [0.5, 0.6) is 0 Å². The van der Waals surface area contributed by atoms with Crippen LogP contribution in [0, 0.1) is 16.0 Å². The van der Waals surface area contributed by atoms with Crippen molar-refractivity contribution in [1.82, 2.24) is 4.57 Å². The fourth-order valence-electron chi connectivity index (χ4n) is 5.32. The molecule has 3 amide bonds. The van der Waals surface area contributed by atoms with E-state index in [1.165, 1.54) is 53.1 Å². The van der Waals surface area contributed by atoms with Crippen molar-refractivity contribution in [2.75, 3.05) is 10.2 Å². The minimum absolute atomic E-state index is 0.130. The highest BCUT2D eigenvalue weighted by Gasteiger charge is 2.56. The topological polar surface area (TPSA) is 192 Å². The van der Waals surface area contributed by atoms with Gasteiger partial charge in [-0.2, -0.15) is 0 Å². The molecule has 3 atom stereocenters. The average Bonchev–Trinajstić information content (AvgIpc) is 3.43. The van der Waals surface area contributed by atoms with Crippen LogP contribution < -0.4 is 20.2 Å². The molecule has 3 N–H and O–H groups in total. The molecule has 224 valence electrons. The molecule has 2 aliphatic rings. The van der Waals surface area contributed by atoms with Gasteiger partial charge in [-0.25, -0.2) is 18.5 Å². The number of anilines is 2. The molecular formula is C28H21N5O8S3. The van der Waals surface area contributed by atoms with E-state index in [1.807, 2.05) is 0 Å². The van der Waals surface area contributed by atoms with Crippen molar-refractivity contribution >= 4 is 67.9 Å². The van der Waals surface area contributed by atoms with E-state index in [2.05, 4.69) is 5.32 Å². The Morgan fingerprint density at radius 2 is 1.61 bits per heavy atom. The van der Waals surface area contributed by atoms with E-state index in [-0.39, 0.29) is 22.0 Å². The van der Waals surface area contributed by atoms with Gasteiger partial charge in [-0.15, -0.1) is 0 Å². The molecule has 4 aromatic rings. The highest BCUT2D eigenvalue weighted by molar-refractivity contribution is 8.00. The third-order valence-electron chi connectivity index (χ3n) is 7.30. The lowest BCUT2D eigenvalue weighted by Gasteiger charge is -2.30. The Labute approximate surface area is 257 Å². The van der Waals surface area contributed by atoms with Gasteiger partial charge in [-0.1, -0.05) is 53.4 Å². The molecule has 0 saturated carbocycles. The largest absolute Gasteiger partial charge is 0.325 e. The second-order valence-electron chi connectivity index (χ2n) is 9.98. The van der Waals surface area contributed by atoms with Gasteiger partial charge in [0.1, 0.15) is 11.8 Å². The molecule has 0 spiro atoms. The highest BCUT2D eigenvalue weighted by atomic mass is 32.2. The fraction of sp³-hybridized carbons (Fsp3) is 0.143. The molecule has 0 radical (unpaired) electrons. The van der Waals surface area contributed by atoms with Crippen LogP contribution >= 0.6 is 23.1 Å². The summed E-state index contributed by atoms with van der Waals surface area (Å²) in [6.45, 7) is -0.401. The van der Waals surface area contributed by atoms with E-state index in [4.69, 9.17) is 5.14 Å². The third kappa shape index (κ3) is 5.21. The van der Waals surface area contributed by atoms with Crippen LogP contribution in [0.2, 0.25) is 0 Å². The number of sulfonamides is 1. The summed E-state index contributed by atoms with van der Waals surface area (Å²) in [5, 5.41) is 18.3. The van der Waals surface area contributed by atoms with Crippen molar-refractivity contribution in [2.45, 2.75) is 27.6 Å². The Kier molecular flexibility index (Phi) is 7.44. The summed E-state index contributed by atoms with van der Waals surface area (Å²) < 4.78 is 24.3. The van der Waals surface area contributed by atoms with E-state index in [1.54, 1.807) is 30.3 Å². The van der Waals surface area contributed by atoms with Crippen LogP contribution in [0.4, 0.5) is 17.1 Å². The third-order valence-corrected chi connectivity index (χ3v) is 10.8. The molecule has 13 nitrogen and oxygen atoms in total. The molecule has 0 bridgehead atoms. The Bertz CT molecular complexity index is 1990. The molecule has 3 aromatic carbocycles. The number of nitrogens with one attached hydrogen (secondary N) is 1. The van der Waals surface area contributed by atoms with Gasteiger partial charge in [0.25, 0.3) is 5.69 Å². The number of hydrogen-bond donors (Lipinski definition) is 2. The minimum Gasteiger partial charge on any atom is -0.325 e. The summed E-state index contributed by atoms with van der Waals surface area (Å²) in [6, 6.07) is 19.3. The molecule has 6 rings (SSSR count). The number of carbonyl (C=O) groups excluding carboxylic acids is 3. The lowest BCUT2D eigenvalue weighted by atomic mass is 9.83. The van der Waals surface area contributed by atoms with Crippen molar-refractivity contribution in [3.63, 3.8) is 0 Å². The van der Waals surface area contributed by atoms with Crippen LogP contribution in [0.3, 0.4) is 0 Å². The summed E-state index contributed by atoms with van der Waals surface area (Å²) in [6.07, 6.45) is 0. The van der Waals surface area contributed by atoms with Crippen LogP contribution in [0.15, 0.2) is 93.6 Å². The predicted octanol–water partition coefficient (Wildman–Crippen LogP) is 2.90. The predicted molar refractivity (Wildman–Crippen MR) is 162 cm³/mol. The summed E-state index contributed by atoms with van der Waals surface area (Å²) in [7, 11) is -3.92. The number of nitro groups is 1. The quantitative estimate of drug-likeness (QED) is 0.172. The van der Waals surface area contributed by atoms with Gasteiger partial charge in [0.15, 0.2) is 0 Å². The van der Waals surface area contributed by atoms with E-state index in [0.29, 0.717) is 15.5 Å². The van der Waals surface area contributed by atoms with Crippen LogP contribution in [-0.2, 0) is 31.0 Å². The molecule has 1 fully saturated rings. The molecule has 16 heteroatoms. The molecule has 1 aromatic heterocycles. The van der Waals surface area contributed by atoms with Crippen molar-refractivity contribution < 1.29 is 27.7 Å². The number of benzene rings is 3. The second kappa shape index (κ2) is 11.1. The number of amides is 3. The Morgan fingerprint density at radius 3 is 2.23 bits per heavy atom. The number of thiazole rings is 1. The van der Waals surface area contributed by atoms with Crippen LogP contribution in [-0.4, -0.2) is 40.9 Å². The number of primary sulfonamides is 1. The first-order chi connectivity index (χ1) is 20.9. The standard InChI is InChI=1S/C28H21N5O8S3/c29-44(40,41)19-12-6-16(7-13-19)30-20(34)14-31-27-24(43-28(31)37)21(15-4-2-1-3-5-15)22-23(42-27)26(36)32(25(22)35)17-8-10-18(11-9-17)33(38)39/h1-13,21-23H,14H2,(H,30,34)(H2,29,40,41)/t21-,22-,23+/m0/s1. The van der Waals surface area contributed by atoms with Gasteiger partial charge < -0.3 is 5.32 Å². The van der Waals surface area contributed by atoms with Crippen LogP contribution in [0.25, 0.3) is 0 Å². The normalized spacial score (nSPS) is 19.4. The highest BCUT2D eigenvalue weighted by Crippen LogP contribution is 2.53.